The van der Waals surface area contributed by atoms with E-state index < -0.39 is 0 Å². The third-order valence-electron chi connectivity index (χ3n) is 6.69. The smallest absolute Gasteiger partial charge is 0.339 e. The van der Waals surface area contributed by atoms with Gasteiger partial charge in [0.1, 0.15) is 6.10 Å². The number of hydrogen-bond acceptors (Lipinski definition) is 4. The zero-order valence-corrected chi connectivity index (χ0v) is 16.2. The van der Waals surface area contributed by atoms with Crippen molar-refractivity contribution in [2.45, 2.75) is 52.6 Å². The third-order valence-corrected chi connectivity index (χ3v) is 6.69. The predicted octanol–water partition coefficient (Wildman–Crippen LogP) is 4.92. The fourth-order valence-electron chi connectivity index (χ4n) is 5.11. The highest BCUT2D eigenvalue weighted by molar-refractivity contribution is 5.96. The molecule has 2 aliphatic heterocycles. The van der Waals surface area contributed by atoms with Crippen LogP contribution in [0.2, 0.25) is 0 Å². The van der Waals surface area contributed by atoms with E-state index in [-0.39, 0.29) is 24.8 Å². The van der Waals surface area contributed by atoms with Crippen LogP contribution < -0.4 is 9.47 Å². The average Bonchev–Trinajstić information content (AvgIpc) is 3.24. The molecule has 0 bridgehead atoms. The van der Waals surface area contributed by atoms with E-state index in [1.807, 2.05) is 13.8 Å². The van der Waals surface area contributed by atoms with Gasteiger partial charge in [0.15, 0.2) is 11.5 Å². The molecule has 0 saturated heterocycles. The number of carbonyl (C=O) groups is 1. The molecule has 4 nitrogen and oxygen atoms in total. The van der Waals surface area contributed by atoms with Gasteiger partial charge >= 0.3 is 5.97 Å². The average molecular weight is 364 g/mol. The lowest BCUT2D eigenvalue weighted by molar-refractivity contribution is 0.0259. The molecule has 0 N–H and O–H groups in total. The highest BCUT2D eigenvalue weighted by Crippen LogP contribution is 2.53. The summed E-state index contributed by atoms with van der Waals surface area (Å²) < 4.78 is 17.4. The lowest BCUT2D eigenvalue weighted by Gasteiger charge is -2.36. The Morgan fingerprint density at radius 2 is 1.89 bits per heavy atom. The minimum Gasteiger partial charge on any atom is -0.454 e. The number of esters is 1. The van der Waals surface area contributed by atoms with E-state index >= 15 is 0 Å². The summed E-state index contributed by atoms with van der Waals surface area (Å²) in [6.07, 6.45) is 1.86. The first-order valence-electron chi connectivity index (χ1n) is 9.70. The minimum atomic E-state index is -0.236. The molecule has 2 aromatic carbocycles. The number of carbonyl (C=O) groups excluding carboxylic acids is 1. The summed E-state index contributed by atoms with van der Waals surface area (Å²) in [5, 5.41) is 0. The van der Waals surface area contributed by atoms with Crippen LogP contribution in [0.5, 0.6) is 11.5 Å². The molecule has 2 heterocycles. The molecule has 27 heavy (non-hydrogen) atoms. The first kappa shape index (κ1) is 16.7. The van der Waals surface area contributed by atoms with Gasteiger partial charge in [-0.05, 0) is 73.4 Å². The fraction of sp³-hybridized carbons (Fsp3) is 0.435. The molecular formula is C23H24O4. The molecule has 0 aromatic heterocycles. The van der Waals surface area contributed by atoms with Gasteiger partial charge in [0, 0.05) is 11.5 Å². The lowest BCUT2D eigenvalue weighted by Crippen LogP contribution is -2.25. The van der Waals surface area contributed by atoms with Crippen LogP contribution in [0.15, 0.2) is 18.2 Å². The van der Waals surface area contributed by atoms with Crippen LogP contribution >= 0.6 is 0 Å². The van der Waals surface area contributed by atoms with Gasteiger partial charge in [-0.3, -0.25) is 0 Å². The van der Waals surface area contributed by atoms with Crippen LogP contribution in [-0.2, 0) is 11.2 Å². The molecule has 5 rings (SSSR count). The Labute approximate surface area is 159 Å². The van der Waals surface area contributed by atoms with E-state index in [1.165, 1.54) is 11.1 Å². The number of cyclic esters (lactones) is 1. The van der Waals surface area contributed by atoms with Crippen molar-refractivity contribution in [3.8, 4) is 11.5 Å². The second kappa shape index (κ2) is 5.75. The normalized spacial score (nSPS) is 25.2. The van der Waals surface area contributed by atoms with E-state index in [4.69, 9.17) is 14.2 Å². The van der Waals surface area contributed by atoms with Crippen molar-refractivity contribution >= 4 is 5.97 Å². The quantitative estimate of drug-likeness (QED) is 0.674. The van der Waals surface area contributed by atoms with Crippen LogP contribution in [0.3, 0.4) is 0 Å². The number of fused-ring (bicyclic) bond motifs is 3. The summed E-state index contributed by atoms with van der Waals surface area (Å²) in [5.74, 6) is 2.05. The van der Waals surface area contributed by atoms with Crippen LogP contribution in [0.25, 0.3) is 0 Å². The van der Waals surface area contributed by atoms with E-state index in [2.05, 4.69) is 32.0 Å². The molecule has 140 valence electrons. The molecule has 0 fully saturated rings. The van der Waals surface area contributed by atoms with Gasteiger partial charge in [0.2, 0.25) is 6.79 Å². The van der Waals surface area contributed by atoms with Gasteiger partial charge in [-0.1, -0.05) is 19.1 Å². The molecular weight excluding hydrogens is 340 g/mol. The monoisotopic (exact) mass is 364 g/mol. The number of ether oxygens (including phenoxy) is 3. The predicted molar refractivity (Wildman–Crippen MR) is 102 cm³/mol. The topological polar surface area (TPSA) is 44.8 Å². The second-order valence-corrected chi connectivity index (χ2v) is 8.15. The standard InChI is InChI=1S/C23H24O4/c1-11-6-8-16-20(13(11)3)23(24)27-22(16)18-12(2)5-7-15-9-17-21(26-10-25-17)14(4)19(15)18/h6,8-9,12,18,22H,5,7,10H2,1-4H3/t12?,18-,22?/m1/s1. The first-order valence-corrected chi connectivity index (χ1v) is 9.70. The number of hydrogen-bond donors (Lipinski definition) is 0. The Kier molecular flexibility index (Phi) is 3.55. The second-order valence-electron chi connectivity index (χ2n) is 8.15. The van der Waals surface area contributed by atoms with Crippen molar-refractivity contribution in [1.29, 1.82) is 0 Å². The van der Waals surface area contributed by atoms with Gasteiger partial charge < -0.3 is 14.2 Å². The number of aryl methyl sites for hydroxylation is 2. The Bertz CT molecular complexity index is 975. The van der Waals surface area contributed by atoms with E-state index in [9.17, 15) is 4.79 Å². The summed E-state index contributed by atoms with van der Waals surface area (Å²) in [7, 11) is 0. The minimum absolute atomic E-state index is 0.135. The van der Waals surface area contributed by atoms with E-state index in [1.54, 1.807) is 0 Å². The van der Waals surface area contributed by atoms with Crippen LogP contribution in [0, 0.1) is 26.7 Å². The highest BCUT2D eigenvalue weighted by atomic mass is 16.7. The van der Waals surface area contributed by atoms with Crippen molar-refractivity contribution in [3.63, 3.8) is 0 Å². The first-order chi connectivity index (χ1) is 13.0. The molecule has 0 saturated carbocycles. The van der Waals surface area contributed by atoms with Gasteiger partial charge in [0.05, 0.1) is 5.56 Å². The third kappa shape index (κ3) is 2.25. The van der Waals surface area contributed by atoms with Crippen LogP contribution in [0.1, 0.15) is 69.1 Å². The van der Waals surface area contributed by atoms with Crippen LogP contribution in [0.4, 0.5) is 0 Å². The Morgan fingerprint density at radius 3 is 2.70 bits per heavy atom. The molecule has 1 aliphatic carbocycles. The van der Waals surface area contributed by atoms with Crippen molar-refractivity contribution in [2.24, 2.45) is 5.92 Å². The van der Waals surface area contributed by atoms with Gasteiger partial charge in [-0.15, -0.1) is 0 Å². The molecule has 0 radical (unpaired) electrons. The maximum Gasteiger partial charge on any atom is 0.339 e. The zero-order chi connectivity index (χ0) is 18.9. The zero-order valence-electron chi connectivity index (χ0n) is 16.2. The van der Waals surface area contributed by atoms with Crippen LogP contribution in [-0.4, -0.2) is 12.8 Å². The summed E-state index contributed by atoms with van der Waals surface area (Å²) in [6.45, 7) is 8.71. The molecule has 0 spiro atoms. The summed E-state index contributed by atoms with van der Waals surface area (Å²) in [4.78, 5) is 12.7. The van der Waals surface area contributed by atoms with Gasteiger partial charge in [-0.2, -0.15) is 0 Å². The lowest BCUT2D eigenvalue weighted by atomic mass is 9.70. The number of benzene rings is 2. The Balaban J connectivity index is 1.69. The van der Waals surface area contributed by atoms with Crippen molar-refractivity contribution in [1.82, 2.24) is 0 Å². The molecule has 3 atom stereocenters. The molecule has 2 aromatic rings. The molecule has 2 unspecified atom stereocenters. The van der Waals surface area contributed by atoms with E-state index in [0.29, 0.717) is 5.92 Å². The maximum atomic E-state index is 12.7. The molecule has 3 aliphatic rings. The van der Waals surface area contributed by atoms with E-state index in [0.717, 1.165) is 52.2 Å². The fourth-order valence-corrected chi connectivity index (χ4v) is 5.11. The SMILES string of the molecule is Cc1ccc2c(c1C)C(=O)OC2[C@H]1c2c(cc3c(c2C)OCO3)CCC1C. The highest BCUT2D eigenvalue weighted by Gasteiger charge is 2.44. The summed E-state index contributed by atoms with van der Waals surface area (Å²) in [5.41, 5.74) is 7.66. The Hall–Kier alpha value is -2.49. The maximum absolute atomic E-state index is 12.7. The van der Waals surface area contributed by atoms with Gasteiger partial charge in [-0.25, -0.2) is 4.79 Å². The van der Waals surface area contributed by atoms with Crippen molar-refractivity contribution in [3.05, 3.63) is 57.1 Å². The molecule has 0 amide bonds. The van der Waals surface area contributed by atoms with Crippen molar-refractivity contribution in [2.75, 3.05) is 6.79 Å². The van der Waals surface area contributed by atoms with Crippen molar-refractivity contribution < 1.29 is 19.0 Å². The number of rotatable bonds is 1. The Morgan fingerprint density at radius 1 is 1.07 bits per heavy atom. The largest absolute Gasteiger partial charge is 0.454 e. The molecule has 4 heteroatoms. The summed E-state index contributed by atoms with van der Waals surface area (Å²) >= 11 is 0. The van der Waals surface area contributed by atoms with Gasteiger partial charge in [0.25, 0.3) is 0 Å². The summed E-state index contributed by atoms with van der Waals surface area (Å²) in [6, 6.07) is 6.31.